The highest BCUT2D eigenvalue weighted by molar-refractivity contribution is 5.35. The van der Waals surface area contributed by atoms with E-state index < -0.39 is 11.7 Å². The summed E-state index contributed by atoms with van der Waals surface area (Å²) in [4.78, 5) is 0. The van der Waals surface area contributed by atoms with Crippen molar-refractivity contribution < 1.29 is 10.2 Å². The minimum Gasteiger partial charge on any atom is -0.387 e. The zero-order chi connectivity index (χ0) is 11.6. The molecule has 0 aliphatic carbocycles. The van der Waals surface area contributed by atoms with E-state index in [9.17, 15) is 10.2 Å². The van der Waals surface area contributed by atoms with Gasteiger partial charge in [0.25, 0.3) is 0 Å². The van der Waals surface area contributed by atoms with Crippen LogP contribution >= 0.6 is 0 Å². The van der Waals surface area contributed by atoms with Crippen molar-refractivity contribution in [3.05, 3.63) is 34.9 Å². The van der Waals surface area contributed by atoms with Gasteiger partial charge in [-0.05, 0) is 43.9 Å². The fourth-order valence-corrected chi connectivity index (χ4v) is 1.60. The number of aryl methyl sites for hydroxylation is 1. The van der Waals surface area contributed by atoms with Gasteiger partial charge < -0.3 is 10.2 Å². The van der Waals surface area contributed by atoms with Crippen LogP contribution in [0.4, 0.5) is 0 Å². The topological polar surface area (TPSA) is 40.5 Å². The lowest BCUT2D eigenvalue weighted by Crippen LogP contribution is -2.32. The van der Waals surface area contributed by atoms with E-state index in [0.29, 0.717) is 6.42 Å². The molecule has 0 saturated carbocycles. The third-order valence-corrected chi connectivity index (χ3v) is 3.25. The van der Waals surface area contributed by atoms with Crippen molar-refractivity contribution in [2.75, 3.05) is 0 Å². The molecule has 0 heterocycles. The summed E-state index contributed by atoms with van der Waals surface area (Å²) >= 11 is 0. The standard InChI is InChI=1S/C13H20O2/c1-5-13(4,15)12(14)11-8-6-7-9(2)10(11)3/h6-8,12,14-15H,5H2,1-4H3. The molecule has 0 amide bonds. The third-order valence-electron chi connectivity index (χ3n) is 3.25. The molecular weight excluding hydrogens is 188 g/mol. The molecule has 1 rings (SSSR count). The van der Waals surface area contributed by atoms with E-state index in [1.54, 1.807) is 6.92 Å². The smallest absolute Gasteiger partial charge is 0.108 e. The molecule has 0 spiro atoms. The van der Waals surface area contributed by atoms with Crippen molar-refractivity contribution in [3.8, 4) is 0 Å². The summed E-state index contributed by atoms with van der Waals surface area (Å²) in [5.41, 5.74) is 1.96. The molecule has 2 atom stereocenters. The van der Waals surface area contributed by atoms with Gasteiger partial charge in [0.15, 0.2) is 0 Å². The predicted octanol–water partition coefficient (Wildman–Crippen LogP) is 2.50. The Morgan fingerprint density at radius 3 is 2.47 bits per heavy atom. The lowest BCUT2D eigenvalue weighted by molar-refractivity contribution is -0.0661. The predicted molar refractivity (Wildman–Crippen MR) is 61.8 cm³/mol. The molecular formula is C13H20O2. The van der Waals surface area contributed by atoms with Crippen LogP contribution in [0.2, 0.25) is 0 Å². The molecule has 0 fully saturated rings. The summed E-state index contributed by atoms with van der Waals surface area (Å²) in [7, 11) is 0. The molecule has 0 radical (unpaired) electrons. The molecule has 2 nitrogen and oxygen atoms in total. The van der Waals surface area contributed by atoms with E-state index in [0.717, 1.165) is 16.7 Å². The van der Waals surface area contributed by atoms with Crippen LogP contribution in [0.3, 0.4) is 0 Å². The summed E-state index contributed by atoms with van der Waals surface area (Å²) in [6, 6.07) is 5.79. The van der Waals surface area contributed by atoms with Crippen molar-refractivity contribution in [1.29, 1.82) is 0 Å². The van der Waals surface area contributed by atoms with Crippen LogP contribution in [0.15, 0.2) is 18.2 Å². The molecule has 1 aromatic carbocycles. The molecule has 0 aromatic heterocycles. The Morgan fingerprint density at radius 2 is 1.93 bits per heavy atom. The number of aliphatic hydroxyl groups is 2. The van der Waals surface area contributed by atoms with Gasteiger partial charge in [-0.25, -0.2) is 0 Å². The maximum atomic E-state index is 10.1. The van der Waals surface area contributed by atoms with Crippen molar-refractivity contribution in [3.63, 3.8) is 0 Å². The Balaban J connectivity index is 3.12. The number of aliphatic hydroxyl groups excluding tert-OH is 1. The highest BCUT2D eigenvalue weighted by Crippen LogP contribution is 2.31. The van der Waals surface area contributed by atoms with Gasteiger partial charge in [-0.3, -0.25) is 0 Å². The molecule has 0 aliphatic heterocycles. The molecule has 84 valence electrons. The second-order valence-electron chi connectivity index (χ2n) is 4.40. The SMILES string of the molecule is CCC(C)(O)C(O)c1cccc(C)c1C. The van der Waals surface area contributed by atoms with Gasteiger partial charge in [0.05, 0.1) is 5.60 Å². The molecule has 0 aliphatic rings. The minimum absolute atomic E-state index is 0.529. The zero-order valence-corrected chi connectivity index (χ0v) is 9.91. The fourth-order valence-electron chi connectivity index (χ4n) is 1.60. The summed E-state index contributed by atoms with van der Waals surface area (Å²) in [6.07, 6.45) is -0.288. The van der Waals surface area contributed by atoms with Crippen molar-refractivity contribution in [2.45, 2.75) is 45.8 Å². The Kier molecular flexibility index (Phi) is 3.53. The first kappa shape index (κ1) is 12.2. The summed E-state index contributed by atoms with van der Waals surface area (Å²) in [5.74, 6) is 0. The zero-order valence-electron chi connectivity index (χ0n) is 9.91. The number of hydrogen-bond acceptors (Lipinski definition) is 2. The van der Waals surface area contributed by atoms with E-state index in [-0.39, 0.29) is 0 Å². The van der Waals surface area contributed by atoms with Gasteiger partial charge in [0.1, 0.15) is 6.10 Å². The first-order valence-corrected chi connectivity index (χ1v) is 5.36. The van der Waals surface area contributed by atoms with Crippen LogP contribution in [0.1, 0.15) is 43.1 Å². The van der Waals surface area contributed by atoms with Crippen LogP contribution < -0.4 is 0 Å². The first-order valence-electron chi connectivity index (χ1n) is 5.36. The van der Waals surface area contributed by atoms with Gasteiger partial charge in [-0.2, -0.15) is 0 Å². The molecule has 2 unspecified atom stereocenters. The maximum absolute atomic E-state index is 10.1. The van der Waals surface area contributed by atoms with Crippen LogP contribution in [-0.2, 0) is 0 Å². The van der Waals surface area contributed by atoms with Crippen LogP contribution in [0.25, 0.3) is 0 Å². The highest BCUT2D eigenvalue weighted by Gasteiger charge is 2.30. The Hall–Kier alpha value is -0.860. The summed E-state index contributed by atoms with van der Waals surface area (Å²) in [6.45, 7) is 7.51. The Bertz CT molecular complexity index is 342. The largest absolute Gasteiger partial charge is 0.387 e. The van der Waals surface area contributed by atoms with Gasteiger partial charge >= 0.3 is 0 Å². The monoisotopic (exact) mass is 208 g/mol. The second kappa shape index (κ2) is 4.33. The van der Waals surface area contributed by atoms with Gasteiger partial charge in [-0.15, -0.1) is 0 Å². The molecule has 0 saturated heterocycles. The Morgan fingerprint density at radius 1 is 1.33 bits per heavy atom. The third kappa shape index (κ3) is 2.39. The number of benzene rings is 1. The Labute approximate surface area is 91.6 Å². The number of rotatable bonds is 3. The molecule has 2 N–H and O–H groups in total. The fraction of sp³-hybridized carbons (Fsp3) is 0.538. The maximum Gasteiger partial charge on any atom is 0.108 e. The van der Waals surface area contributed by atoms with Gasteiger partial charge in [0.2, 0.25) is 0 Å². The van der Waals surface area contributed by atoms with Crippen molar-refractivity contribution in [2.24, 2.45) is 0 Å². The molecule has 2 heteroatoms. The first-order chi connectivity index (χ1) is 6.90. The highest BCUT2D eigenvalue weighted by atomic mass is 16.3. The summed E-state index contributed by atoms with van der Waals surface area (Å²) in [5, 5.41) is 20.1. The number of hydrogen-bond donors (Lipinski definition) is 2. The van der Waals surface area contributed by atoms with E-state index in [2.05, 4.69) is 0 Å². The minimum atomic E-state index is -1.06. The average Bonchev–Trinajstić information content (AvgIpc) is 2.21. The lowest BCUT2D eigenvalue weighted by Gasteiger charge is -2.29. The molecule has 0 bridgehead atoms. The molecule has 15 heavy (non-hydrogen) atoms. The van der Waals surface area contributed by atoms with Crippen LogP contribution in [0.5, 0.6) is 0 Å². The van der Waals surface area contributed by atoms with Gasteiger partial charge in [0, 0.05) is 0 Å². The van der Waals surface area contributed by atoms with E-state index in [1.807, 2.05) is 39.0 Å². The van der Waals surface area contributed by atoms with Crippen LogP contribution in [-0.4, -0.2) is 15.8 Å². The van der Waals surface area contributed by atoms with Gasteiger partial charge in [-0.1, -0.05) is 25.1 Å². The van der Waals surface area contributed by atoms with E-state index >= 15 is 0 Å². The quantitative estimate of drug-likeness (QED) is 0.801. The average molecular weight is 208 g/mol. The van der Waals surface area contributed by atoms with E-state index in [4.69, 9.17) is 0 Å². The lowest BCUT2D eigenvalue weighted by atomic mass is 9.87. The second-order valence-corrected chi connectivity index (χ2v) is 4.40. The normalized spacial score (nSPS) is 17.2. The van der Waals surface area contributed by atoms with E-state index in [1.165, 1.54) is 0 Å². The molecule has 1 aromatic rings. The summed E-state index contributed by atoms with van der Waals surface area (Å²) < 4.78 is 0. The van der Waals surface area contributed by atoms with Crippen LogP contribution in [0, 0.1) is 13.8 Å². The van der Waals surface area contributed by atoms with Crippen molar-refractivity contribution >= 4 is 0 Å². The van der Waals surface area contributed by atoms with Crippen molar-refractivity contribution in [1.82, 2.24) is 0 Å².